The van der Waals surface area contributed by atoms with E-state index in [4.69, 9.17) is 0 Å². The summed E-state index contributed by atoms with van der Waals surface area (Å²) in [4.78, 5) is 0. The molecule has 0 spiro atoms. The van der Waals surface area contributed by atoms with Crippen LogP contribution in [-0.2, 0) is 5.41 Å². The Kier molecular flexibility index (Phi) is 5.47. The van der Waals surface area contributed by atoms with Gasteiger partial charge in [0.2, 0.25) is 0 Å². The highest BCUT2D eigenvalue weighted by Gasteiger charge is 2.42. The molecule has 0 aliphatic heterocycles. The van der Waals surface area contributed by atoms with Crippen LogP contribution >= 0.6 is 0 Å². The van der Waals surface area contributed by atoms with Crippen molar-refractivity contribution < 1.29 is 0 Å². The number of hydrogen-bond acceptors (Lipinski definition) is 0. The van der Waals surface area contributed by atoms with E-state index in [1.54, 1.807) is 0 Å². The van der Waals surface area contributed by atoms with Crippen LogP contribution < -0.4 is 0 Å². The molecule has 8 aromatic rings. The predicted octanol–water partition coefficient (Wildman–Crippen LogP) is 10.7. The van der Waals surface area contributed by atoms with Gasteiger partial charge in [-0.3, -0.25) is 0 Å². The molecule has 0 aliphatic rings. The third-order valence-electron chi connectivity index (χ3n) is 8.77. The van der Waals surface area contributed by atoms with Gasteiger partial charge in [0.25, 0.3) is 0 Å². The van der Waals surface area contributed by atoms with Crippen LogP contribution in [0.25, 0.3) is 43.1 Å². The minimum Gasteiger partial charge on any atom is -0.0616 e. The van der Waals surface area contributed by atoms with Gasteiger partial charge in [-0.05, 0) is 65.3 Å². The smallest absolute Gasteiger partial charge is 0.0616 e. The Morgan fingerprint density at radius 3 is 0.707 bits per heavy atom. The van der Waals surface area contributed by atoms with Gasteiger partial charge in [0, 0.05) is 0 Å². The van der Waals surface area contributed by atoms with Crippen LogP contribution in [0.15, 0.2) is 170 Å². The zero-order valence-electron chi connectivity index (χ0n) is 22.7. The lowest BCUT2D eigenvalue weighted by molar-refractivity contribution is 0.775. The highest BCUT2D eigenvalue weighted by atomic mass is 14.4. The summed E-state index contributed by atoms with van der Waals surface area (Å²) >= 11 is 0. The molecule has 0 atom stereocenters. The molecule has 0 radical (unpaired) electrons. The maximum Gasteiger partial charge on any atom is 0.0725 e. The fourth-order valence-corrected chi connectivity index (χ4v) is 7.08. The minimum absolute atomic E-state index is 0.608. The van der Waals surface area contributed by atoms with Gasteiger partial charge >= 0.3 is 0 Å². The quantitative estimate of drug-likeness (QED) is 0.202. The molecule has 0 aliphatic carbocycles. The monoisotopic (exact) mass is 520 g/mol. The average molecular weight is 521 g/mol. The van der Waals surface area contributed by atoms with E-state index in [9.17, 15) is 0 Å². The van der Waals surface area contributed by atoms with Crippen molar-refractivity contribution in [2.45, 2.75) is 5.41 Å². The fraction of sp³-hybridized carbons (Fsp3) is 0.0244. The van der Waals surface area contributed by atoms with Gasteiger partial charge in [-0.2, -0.15) is 0 Å². The molecule has 0 saturated heterocycles. The first-order valence-corrected chi connectivity index (χ1v) is 14.3. The molecule has 41 heavy (non-hydrogen) atoms. The van der Waals surface area contributed by atoms with Gasteiger partial charge in [0.1, 0.15) is 0 Å². The van der Waals surface area contributed by atoms with Crippen LogP contribution in [0.3, 0.4) is 0 Å². The number of rotatable bonds is 4. The molecule has 0 N–H and O–H groups in total. The summed E-state index contributed by atoms with van der Waals surface area (Å²) in [5.41, 5.74) is 4.56. The molecule has 0 amide bonds. The van der Waals surface area contributed by atoms with Crippen molar-refractivity contribution in [2.24, 2.45) is 0 Å². The molecule has 0 saturated carbocycles. The first-order valence-electron chi connectivity index (χ1n) is 14.3. The van der Waals surface area contributed by atoms with E-state index >= 15 is 0 Å². The summed E-state index contributed by atoms with van der Waals surface area (Å²) in [6, 6.07) is 62.6. The van der Waals surface area contributed by atoms with Crippen LogP contribution in [-0.4, -0.2) is 0 Å². The lowest BCUT2D eigenvalue weighted by Crippen LogP contribution is -2.32. The molecular formula is C41H28. The first-order chi connectivity index (χ1) is 20.4. The van der Waals surface area contributed by atoms with E-state index in [0.717, 1.165) is 0 Å². The molecule has 8 rings (SSSR count). The molecule has 0 unspecified atom stereocenters. The second-order valence-electron chi connectivity index (χ2n) is 10.9. The van der Waals surface area contributed by atoms with Crippen LogP contribution in [0.4, 0.5) is 0 Å². The van der Waals surface area contributed by atoms with Crippen LogP contribution in [0.5, 0.6) is 0 Å². The van der Waals surface area contributed by atoms with Crippen molar-refractivity contribution in [3.63, 3.8) is 0 Å². The maximum atomic E-state index is 2.35. The summed E-state index contributed by atoms with van der Waals surface area (Å²) in [5, 5.41) is 10.1. The van der Waals surface area contributed by atoms with E-state index in [0.29, 0.717) is 0 Å². The van der Waals surface area contributed by atoms with Gasteiger partial charge in [0.15, 0.2) is 0 Å². The Morgan fingerprint density at radius 2 is 0.439 bits per heavy atom. The summed E-state index contributed by atoms with van der Waals surface area (Å²) in [6.07, 6.45) is 0. The SMILES string of the molecule is c1ccc2c(C(c3cccc4ccccc34)(c3cccc4ccccc34)c3cccc4ccccc34)cccc2c1. The Hall–Kier alpha value is -5.20. The van der Waals surface area contributed by atoms with Gasteiger partial charge in [-0.25, -0.2) is 0 Å². The van der Waals surface area contributed by atoms with Crippen molar-refractivity contribution in [3.8, 4) is 0 Å². The van der Waals surface area contributed by atoms with E-state index in [1.807, 2.05) is 0 Å². The molecule has 8 aromatic carbocycles. The van der Waals surface area contributed by atoms with Gasteiger partial charge in [-0.1, -0.05) is 170 Å². The zero-order chi connectivity index (χ0) is 27.2. The number of hydrogen-bond donors (Lipinski definition) is 0. The fourth-order valence-electron chi connectivity index (χ4n) is 7.08. The molecule has 0 heteroatoms. The topological polar surface area (TPSA) is 0 Å². The van der Waals surface area contributed by atoms with Crippen LogP contribution in [0.2, 0.25) is 0 Å². The number of benzene rings is 8. The Labute approximate surface area is 240 Å². The van der Waals surface area contributed by atoms with Gasteiger partial charge in [0.05, 0.1) is 5.41 Å². The average Bonchev–Trinajstić information content (AvgIpc) is 3.05. The third kappa shape index (κ3) is 3.54. The lowest BCUT2D eigenvalue weighted by atomic mass is 9.61. The van der Waals surface area contributed by atoms with Crippen LogP contribution in [0, 0.1) is 0 Å². The van der Waals surface area contributed by atoms with E-state index in [-0.39, 0.29) is 0 Å². The largest absolute Gasteiger partial charge is 0.0725 e. The normalized spacial score (nSPS) is 11.9. The molecule has 0 aromatic heterocycles. The Balaban J connectivity index is 1.70. The summed E-state index contributed by atoms with van der Waals surface area (Å²) in [5.74, 6) is 0. The molecule has 0 heterocycles. The van der Waals surface area contributed by atoms with Crippen molar-refractivity contribution in [1.29, 1.82) is 0 Å². The zero-order valence-corrected chi connectivity index (χ0v) is 22.7. The third-order valence-corrected chi connectivity index (χ3v) is 8.77. The van der Waals surface area contributed by atoms with E-state index in [2.05, 4.69) is 170 Å². The Bertz CT molecular complexity index is 1880. The molecule has 0 bridgehead atoms. The lowest BCUT2D eigenvalue weighted by Gasteiger charge is -2.40. The van der Waals surface area contributed by atoms with E-state index in [1.165, 1.54) is 65.3 Å². The molecule has 0 nitrogen and oxygen atoms in total. The van der Waals surface area contributed by atoms with Crippen LogP contribution in [0.1, 0.15) is 22.3 Å². The molecule has 0 fully saturated rings. The predicted molar refractivity (Wildman–Crippen MR) is 175 cm³/mol. The van der Waals surface area contributed by atoms with E-state index < -0.39 is 5.41 Å². The summed E-state index contributed by atoms with van der Waals surface area (Å²) < 4.78 is 0. The standard InChI is InChI=1S/C41H28/c1-5-21-33-29(13-1)17-9-25-37(33)41(38-26-10-18-30-14-2-6-22-34(30)38,39-27-11-19-31-15-3-7-23-35(31)39)40-28-12-20-32-16-4-8-24-36(32)40/h1-28H. The van der Waals surface area contributed by atoms with Gasteiger partial charge in [-0.15, -0.1) is 0 Å². The summed E-state index contributed by atoms with van der Waals surface area (Å²) in [7, 11) is 0. The highest BCUT2D eigenvalue weighted by molar-refractivity contribution is 6.00. The first kappa shape index (κ1) is 23.7. The second-order valence-corrected chi connectivity index (χ2v) is 10.9. The van der Waals surface area contributed by atoms with Crippen molar-refractivity contribution in [3.05, 3.63) is 192 Å². The van der Waals surface area contributed by atoms with Gasteiger partial charge < -0.3 is 0 Å². The maximum absolute atomic E-state index is 2.35. The Morgan fingerprint density at radius 1 is 0.220 bits per heavy atom. The second kappa shape index (κ2) is 9.47. The van der Waals surface area contributed by atoms with Crippen molar-refractivity contribution >= 4 is 43.1 Å². The highest BCUT2D eigenvalue weighted by Crippen LogP contribution is 2.52. The van der Waals surface area contributed by atoms with Crippen molar-refractivity contribution in [1.82, 2.24) is 0 Å². The van der Waals surface area contributed by atoms with Crippen molar-refractivity contribution in [2.75, 3.05) is 0 Å². The molecule has 192 valence electrons. The summed E-state index contributed by atoms with van der Waals surface area (Å²) in [6.45, 7) is 0. The number of fused-ring (bicyclic) bond motifs is 4. The molecular weight excluding hydrogens is 492 g/mol. The minimum atomic E-state index is -0.608.